The molecule has 0 spiro atoms. The van der Waals surface area contributed by atoms with Crippen molar-refractivity contribution in [1.29, 1.82) is 0 Å². The fourth-order valence-electron chi connectivity index (χ4n) is 5.98. The summed E-state index contributed by atoms with van der Waals surface area (Å²) < 4.78 is 5.63. The van der Waals surface area contributed by atoms with Gasteiger partial charge in [0.25, 0.3) is 5.91 Å². The van der Waals surface area contributed by atoms with Crippen LogP contribution in [0.1, 0.15) is 55.3 Å². The van der Waals surface area contributed by atoms with E-state index in [0.29, 0.717) is 47.6 Å². The molecule has 40 heavy (non-hydrogen) atoms. The number of benzene rings is 1. The highest BCUT2D eigenvalue weighted by molar-refractivity contribution is 5.99. The molecule has 2 N–H and O–H groups in total. The van der Waals surface area contributed by atoms with E-state index in [4.69, 9.17) is 16.1 Å². The van der Waals surface area contributed by atoms with E-state index in [-0.39, 0.29) is 23.8 Å². The summed E-state index contributed by atoms with van der Waals surface area (Å²) >= 11 is 0. The van der Waals surface area contributed by atoms with Crippen LogP contribution in [0, 0.1) is 18.3 Å². The molecule has 5 rings (SSSR count). The van der Waals surface area contributed by atoms with E-state index in [1.807, 2.05) is 6.07 Å². The van der Waals surface area contributed by atoms with Gasteiger partial charge < -0.3 is 30.1 Å². The highest BCUT2D eigenvalue weighted by Gasteiger charge is 2.36. The number of piperidine rings is 1. The van der Waals surface area contributed by atoms with Crippen LogP contribution in [0.25, 0.3) is 0 Å². The Bertz CT molecular complexity index is 1280. The van der Waals surface area contributed by atoms with Gasteiger partial charge in [-0.2, -0.15) is 4.98 Å². The number of hydrogen-bond donors (Lipinski definition) is 2. The number of carbonyl (C=O) groups excluding carboxylic acids is 2. The van der Waals surface area contributed by atoms with Crippen LogP contribution in [-0.2, 0) is 4.79 Å². The van der Waals surface area contributed by atoms with E-state index < -0.39 is 0 Å². The van der Waals surface area contributed by atoms with Crippen molar-refractivity contribution in [2.24, 2.45) is 5.92 Å². The van der Waals surface area contributed by atoms with Crippen LogP contribution < -0.4 is 25.2 Å². The Morgan fingerprint density at radius 1 is 1.18 bits per heavy atom. The molecule has 3 aliphatic rings. The lowest BCUT2D eigenvalue weighted by atomic mass is 10.0. The van der Waals surface area contributed by atoms with E-state index in [2.05, 4.69) is 38.4 Å². The molecule has 212 valence electrons. The van der Waals surface area contributed by atoms with Crippen molar-refractivity contribution in [3.8, 4) is 18.1 Å². The van der Waals surface area contributed by atoms with Crippen LogP contribution >= 0.6 is 0 Å². The first-order chi connectivity index (χ1) is 19.4. The van der Waals surface area contributed by atoms with Gasteiger partial charge in [0.15, 0.2) is 5.82 Å². The summed E-state index contributed by atoms with van der Waals surface area (Å²) in [5.41, 5.74) is 1.86. The number of nitrogens with zero attached hydrogens (tertiary/aromatic N) is 5. The van der Waals surface area contributed by atoms with Crippen LogP contribution in [0.5, 0.6) is 5.75 Å². The van der Waals surface area contributed by atoms with Crippen LogP contribution in [0.3, 0.4) is 0 Å². The number of hydrogen-bond acceptors (Lipinski definition) is 8. The Hall–Kier alpha value is -3.84. The van der Waals surface area contributed by atoms with Gasteiger partial charge in [0, 0.05) is 37.7 Å². The van der Waals surface area contributed by atoms with Crippen molar-refractivity contribution >= 4 is 35.0 Å². The Kier molecular flexibility index (Phi) is 8.40. The molecule has 1 aromatic heterocycles. The first-order valence-electron chi connectivity index (χ1n) is 14.2. The SMILES string of the molecule is C#CCC1CN(C2CCCC2)c2nc(Nc3ccc(C(=O)NC4CCN(C)CC4)cc3OC)ncc2N(C)C1=O. The molecule has 2 fully saturated rings. The fraction of sp³-hybridized carbons (Fsp3) is 0.533. The maximum absolute atomic E-state index is 13.2. The number of fused-ring (bicyclic) bond motifs is 1. The van der Waals surface area contributed by atoms with E-state index >= 15 is 0 Å². The predicted octanol–water partition coefficient (Wildman–Crippen LogP) is 3.42. The normalized spacial score (nSPS) is 20.6. The fourth-order valence-corrected chi connectivity index (χ4v) is 5.98. The van der Waals surface area contributed by atoms with Crippen molar-refractivity contribution in [3.05, 3.63) is 30.0 Å². The number of rotatable bonds is 7. The van der Waals surface area contributed by atoms with Gasteiger partial charge >= 0.3 is 0 Å². The van der Waals surface area contributed by atoms with Crippen molar-refractivity contribution in [2.75, 3.05) is 56.0 Å². The standard InChI is InChI=1S/C30H39N7O3/c1-5-8-21-19-37(23-9-6-7-10-23)27-25(36(3)29(21)39)18-31-30(34-27)33-24-12-11-20(17-26(24)40-4)28(38)32-22-13-15-35(2)16-14-22/h1,11-12,17-18,21-23H,6-10,13-16,19H2,2-4H3,(H,32,38)(H,31,33,34). The van der Waals surface area contributed by atoms with Gasteiger partial charge in [-0.3, -0.25) is 9.59 Å². The molecule has 1 atom stereocenters. The molecule has 1 unspecified atom stereocenters. The molecule has 10 nitrogen and oxygen atoms in total. The third-order valence-corrected chi connectivity index (χ3v) is 8.37. The average Bonchev–Trinajstić information content (AvgIpc) is 3.48. The van der Waals surface area contributed by atoms with Gasteiger partial charge in [0.1, 0.15) is 11.4 Å². The molecule has 2 aromatic rings. The molecule has 3 heterocycles. The predicted molar refractivity (Wildman–Crippen MR) is 156 cm³/mol. The first-order valence-corrected chi connectivity index (χ1v) is 14.2. The Morgan fingerprint density at radius 3 is 2.62 bits per heavy atom. The molecule has 1 aromatic carbocycles. The summed E-state index contributed by atoms with van der Waals surface area (Å²) in [6, 6.07) is 5.80. The number of aromatic nitrogens is 2. The van der Waals surface area contributed by atoms with E-state index in [1.165, 1.54) is 0 Å². The summed E-state index contributed by atoms with van der Waals surface area (Å²) in [6.45, 7) is 2.49. The summed E-state index contributed by atoms with van der Waals surface area (Å²) in [5.74, 6) is 3.90. The highest BCUT2D eigenvalue weighted by atomic mass is 16.5. The van der Waals surface area contributed by atoms with Gasteiger partial charge in [-0.1, -0.05) is 12.8 Å². The second-order valence-electron chi connectivity index (χ2n) is 11.1. The van der Waals surface area contributed by atoms with Crippen LogP contribution in [0.15, 0.2) is 24.4 Å². The second-order valence-corrected chi connectivity index (χ2v) is 11.1. The smallest absolute Gasteiger partial charge is 0.251 e. The van der Waals surface area contributed by atoms with Crippen molar-refractivity contribution in [1.82, 2.24) is 20.2 Å². The lowest BCUT2D eigenvalue weighted by Gasteiger charge is -2.31. The van der Waals surface area contributed by atoms with Gasteiger partial charge in [0.05, 0.1) is 24.9 Å². The summed E-state index contributed by atoms with van der Waals surface area (Å²) in [6.07, 6.45) is 14.0. The Morgan fingerprint density at radius 2 is 1.93 bits per heavy atom. The largest absolute Gasteiger partial charge is 0.495 e. The second kappa shape index (κ2) is 12.1. The molecule has 2 amide bonds. The summed E-state index contributed by atoms with van der Waals surface area (Å²) in [5, 5.41) is 6.42. The van der Waals surface area contributed by atoms with Crippen molar-refractivity contribution in [3.63, 3.8) is 0 Å². The summed E-state index contributed by atoms with van der Waals surface area (Å²) in [4.78, 5) is 41.8. The van der Waals surface area contributed by atoms with E-state index in [9.17, 15) is 9.59 Å². The van der Waals surface area contributed by atoms with E-state index in [1.54, 1.807) is 37.4 Å². The Labute approximate surface area is 236 Å². The maximum Gasteiger partial charge on any atom is 0.251 e. The molecular formula is C30H39N7O3. The lowest BCUT2D eigenvalue weighted by molar-refractivity contribution is -0.121. The number of amides is 2. The molecule has 2 aliphatic heterocycles. The first kappa shape index (κ1) is 27.7. The Balaban J connectivity index is 1.38. The quantitative estimate of drug-likeness (QED) is 0.511. The number of carbonyl (C=O) groups is 2. The monoisotopic (exact) mass is 545 g/mol. The number of likely N-dealkylation sites (tertiary alicyclic amines) is 1. The average molecular weight is 546 g/mol. The van der Waals surface area contributed by atoms with Crippen molar-refractivity contribution in [2.45, 2.75) is 57.0 Å². The van der Waals surface area contributed by atoms with Crippen molar-refractivity contribution < 1.29 is 14.3 Å². The molecule has 1 aliphatic carbocycles. The number of ether oxygens (including phenoxy) is 1. The third-order valence-electron chi connectivity index (χ3n) is 8.37. The maximum atomic E-state index is 13.2. The summed E-state index contributed by atoms with van der Waals surface area (Å²) in [7, 11) is 5.44. The molecular weight excluding hydrogens is 506 g/mol. The van der Waals surface area contributed by atoms with Gasteiger partial charge in [-0.25, -0.2) is 4.98 Å². The zero-order chi connectivity index (χ0) is 28.2. The van der Waals surface area contributed by atoms with Crippen LogP contribution in [0.4, 0.5) is 23.1 Å². The van der Waals surface area contributed by atoms with Gasteiger partial charge in [0.2, 0.25) is 11.9 Å². The third kappa shape index (κ3) is 5.85. The van der Waals surface area contributed by atoms with Crippen LogP contribution in [0.2, 0.25) is 0 Å². The zero-order valence-corrected chi connectivity index (χ0v) is 23.7. The topological polar surface area (TPSA) is 103 Å². The lowest BCUT2D eigenvalue weighted by Crippen LogP contribution is -2.43. The number of anilines is 4. The minimum absolute atomic E-state index is 0.0141. The molecule has 0 radical (unpaired) electrons. The highest BCUT2D eigenvalue weighted by Crippen LogP contribution is 2.38. The number of terminal acetylenes is 1. The van der Waals surface area contributed by atoms with Gasteiger partial charge in [-0.15, -0.1) is 12.3 Å². The number of nitrogens with one attached hydrogen (secondary N) is 2. The molecule has 10 heteroatoms. The van der Waals surface area contributed by atoms with Gasteiger partial charge in [-0.05, 0) is 64.0 Å². The minimum atomic E-state index is -0.297. The molecule has 0 bridgehead atoms. The van der Waals surface area contributed by atoms with Crippen LogP contribution in [-0.4, -0.2) is 79.6 Å². The minimum Gasteiger partial charge on any atom is -0.495 e. The number of methoxy groups -OCH3 is 1. The zero-order valence-electron chi connectivity index (χ0n) is 23.7. The molecule has 1 saturated carbocycles. The molecule has 1 saturated heterocycles. The van der Waals surface area contributed by atoms with E-state index in [0.717, 1.165) is 57.4 Å².